The molecule has 0 atom stereocenters. The van der Waals surface area contributed by atoms with E-state index < -0.39 is 10.9 Å². The largest absolute Gasteiger partial charge is 0.490 e. The Labute approximate surface area is 161 Å². The first-order valence-corrected chi connectivity index (χ1v) is 8.93. The van der Waals surface area contributed by atoms with Crippen molar-refractivity contribution in [2.75, 3.05) is 13.1 Å². The minimum absolute atomic E-state index is 0.00291. The topological polar surface area (TPSA) is 110 Å². The summed E-state index contributed by atoms with van der Waals surface area (Å²) in [5, 5.41) is 19.6. The molecule has 2 aromatic carbocycles. The fraction of sp³-hybridized carbons (Fsp3) is 0.300. The molecule has 1 aliphatic heterocycles. The lowest BCUT2D eigenvalue weighted by molar-refractivity contribution is -0.384. The van der Waals surface area contributed by atoms with Crippen LogP contribution >= 0.6 is 0 Å². The van der Waals surface area contributed by atoms with Gasteiger partial charge in [-0.2, -0.15) is 0 Å². The number of piperidine rings is 1. The summed E-state index contributed by atoms with van der Waals surface area (Å²) in [5.74, 6) is -0.418. The molecule has 8 heteroatoms. The second-order valence-corrected chi connectivity index (χ2v) is 6.63. The number of carboxylic acid groups (broad SMARTS) is 1. The summed E-state index contributed by atoms with van der Waals surface area (Å²) < 4.78 is 5.86. The van der Waals surface area contributed by atoms with Gasteiger partial charge in [-0.3, -0.25) is 14.9 Å². The van der Waals surface area contributed by atoms with Gasteiger partial charge >= 0.3 is 5.97 Å². The maximum atomic E-state index is 12.5. The molecule has 8 nitrogen and oxygen atoms in total. The van der Waals surface area contributed by atoms with Crippen molar-refractivity contribution >= 4 is 17.6 Å². The molecule has 1 saturated heterocycles. The van der Waals surface area contributed by atoms with E-state index in [4.69, 9.17) is 9.84 Å². The predicted octanol–water partition coefficient (Wildman–Crippen LogP) is 2.91. The van der Waals surface area contributed by atoms with Crippen LogP contribution in [0.2, 0.25) is 0 Å². The van der Waals surface area contributed by atoms with Gasteiger partial charge in [0.05, 0.1) is 16.9 Å². The van der Waals surface area contributed by atoms with Crippen LogP contribution in [0.15, 0.2) is 48.5 Å². The first-order chi connectivity index (χ1) is 13.4. The van der Waals surface area contributed by atoms with E-state index in [9.17, 15) is 19.7 Å². The van der Waals surface area contributed by atoms with Crippen LogP contribution in [-0.4, -0.2) is 46.0 Å². The molecule has 0 spiro atoms. The van der Waals surface area contributed by atoms with Gasteiger partial charge in [0.1, 0.15) is 11.9 Å². The lowest BCUT2D eigenvalue weighted by Gasteiger charge is -2.32. The summed E-state index contributed by atoms with van der Waals surface area (Å²) in [7, 11) is 0. The lowest BCUT2D eigenvalue weighted by Crippen LogP contribution is -2.42. The Bertz CT molecular complexity index is 855. The molecule has 0 bridgehead atoms. The second-order valence-electron chi connectivity index (χ2n) is 6.63. The van der Waals surface area contributed by atoms with Gasteiger partial charge < -0.3 is 14.7 Å². The Hall–Kier alpha value is -3.42. The molecular formula is C20H20N2O6. The molecule has 2 aromatic rings. The van der Waals surface area contributed by atoms with Gasteiger partial charge in [-0.15, -0.1) is 0 Å². The number of benzene rings is 2. The minimum atomic E-state index is -0.993. The van der Waals surface area contributed by atoms with Crippen molar-refractivity contribution in [3.8, 4) is 5.75 Å². The van der Waals surface area contributed by atoms with E-state index in [0.717, 1.165) is 5.56 Å². The number of hydrogen-bond donors (Lipinski definition) is 1. The predicted molar refractivity (Wildman–Crippen MR) is 100 cm³/mol. The van der Waals surface area contributed by atoms with Crippen molar-refractivity contribution in [3.63, 3.8) is 0 Å². The van der Waals surface area contributed by atoms with Crippen LogP contribution in [0.5, 0.6) is 5.75 Å². The number of carbonyl (C=O) groups excluding carboxylic acids is 1. The van der Waals surface area contributed by atoms with Gasteiger partial charge in [0.25, 0.3) is 5.69 Å². The number of nitro benzene ring substituents is 1. The van der Waals surface area contributed by atoms with Gasteiger partial charge in [-0.05, 0) is 29.8 Å². The van der Waals surface area contributed by atoms with Gasteiger partial charge in [-0.25, -0.2) is 4.79 Å². The molecule has 0 unspecified atom stereocenters. The maximum Gasteiger partial charge on any atom is 0.335 e. The van der Waals surface area contributed by atoms with Gasteiger partial charge in [0.2, 0.25) is 5.91 Å². The monoisotopic (exact) mass is 384 g/mol. The summed E-state index contributed by atoms with van der Waals surface area (Å²) in [6.07, 6.45) is 1.55. The highest BCUT2D eigenvalue weighted by Gasteiger charge is 2.24. The van der Waals surface area contributed by atoms with Crippen LogP contribution in [0.1, 0.15) is 28.8 Å². The molecule has 146 valence electrons. The number of rotatable bonds is 6. The van der Waals surface area contributed by atoms with E-state index in [-0.39, 0.29) is 29.7 Å². The third-order valence-corrected chi connectivity index (χ3v) is 4.70. The maximum absolute atomic E-state index is 12.5. The van der Waals surface area contributed by atoms with Crippen LogP contribution in [0.4, 0.5) is 5.69 Å². The number of hydrogen-bond acceptors (Lipinski definition) is 5. The number of amides is 1. The molecule has 1 fully saturated rings. The second kappa shape index (κ2) is 8.51. The first kappa shape index (κ1) is 19.3. The molecular weight excluding hydrogens is 364 g/mol. The van der Waals surface area contributed by atoms with Crippen LogP contribution in [-0.2, 0) is 11.2 Å². The Morgan fingerprint density at radius 2 is 1.68 bits per heavy atom. The summed E-state index contributed by atoms with van der Waals surface area (Å²) >= 11 is 0. The summed E-state index contributed by atoms with van der Waals surface area (Å²) in [4.78, 5) is 35.3. The van der Waals surface area contributed by atoms with E-state index in [1.54, 1.807) is 29.2 Å². The summed E-state index contributed by atoms with van der Waals surface area (Å²) in [5.41, 5.74) is 0.990. The standard InChI is InChI=1S/C20H20N2O6/c23-19(13-14-1-3-15(4-2-14)20(24)25)21-11-9-18(10-12-21)28-17-7-5-16(6-8-17)22(26)27/h1-8,18H,9-13H2,(H,24,25). The molecule has 3 rings (SSSR count). The van der Waals surface area contributed by atoms with Crippen LogP contribution < -0.4 is 4.74 Å². The Morgan fingerprint density at radius 1 is 1.07 bits per heavy atom. The number of nitro groups is 1. The van der Waals surface area contributed by atoms with Crippen molar-refractivity contribution in [2.24, 2.45) is 0 Å². The number of nitrogens with zero attached hydrogens (tertiary/aromatic N) is 2. The Kier molecular flexibility index (Phi) is 5.88. The number of non-ortho nitro benzene ring substituents is 1. The van der Waals surface area contributed by atoms with Crippen LogP contribution in [0, 0.1) is 10.1 Å². The molecule has 1 aliphatic rings. The molecule has 0 aromatic heterocycles. The van der Waals surface area contributed by atoms with Crippen molar-refractivity contribution in [1.29, 1.82) is 0 Å². The number of carboxylic acids is 1. The fourth-order valence-electron chi connectivity index (χ4n) is 3.11. The molecule has 0 aliphatic carbocycles. The lowest BCUT2D eigenvalue weighted by atomic mass is 10.0. The van der Waals surface area contributed by atoms with Gasteiger partial charge in [-0.1, -0.05) is 12.1 Å². The molecule has 0 radical (unpaired) electrons. The Balaban J connectivity index is 1.48. The highest BCUT2D eigenvalue weighted by atomic mass is 16.6. The van der Waals surface area contributed by atoms with E-state index in [2.05, 4.69) is 0 Å². The third kappa shape index (κ3) is 4.85. The summed E-state index contributed by atoms with van der Waals surface area (Å²) in [6, 6.07) is 12.3. The molecule has 1 amide bonds. The zero-order valence-electron chi connectivity index (χ0n) is 15.1. The van der Waals surface area contributed by atoms with Crippen molar-refractivity contribution in [1.82, 2.24) is 4.90 Å². The Morgan fingerprint density at radius 3 is 2.21 bits per heavy atom. The van der Waals surface area contributed by atoms with E-state index >= 15 is 0 Å². The average Bonchev–Trinajstić information content (AvgIpc) is 2.69. The molecule has 1 N–H and O–H groups in total. The highest BCUT2D eigenvalue weighted by molar-refractivity contribution is 5.87. The zero-order chi connectivity index (χ0) is 20.1. The highest BCUT2D eigenvalue weighted by Crippen LogP contribution is 2.22. The third-order valence-electron chi connectivity index (χ3n) is 4.70. The number of aromatic carboxylic acids is 1. The van der Waals surface area contributed by atoms with Gasteiger partial charge in [0, 0.05) is 38.1 Å². The van der Waals surface area contributed by atoms with E-state index in [0.29, 0.717) is 31.7 Å². The van der Waals surface area contributed by atoms with Gasteiger partial charge in [0.15, 0.2) is 0 Å². The van der Waals surface area contributed by atoms with Crippen LogP contribution in [0.25, 0.3) is 0 Å². The molecule has 28 heavy (non-hydrogen) atoms. The van der Waals surface area contributed by atoms with Crippen molar-refractivity contribution in [3.05, 3.63) is 69.8 Å². The van der Waals surface area contributed by atoms with Crippen LogP contribution in [0.3, 0.4) is 0 Å². The quantitative estimate of drug-likeness (QED) is 0.606. The average molecular weight is 384 g/mol. The fourth-order valence-corrected chi connectivity index (χ4v) is 3.11. The van der Waals surface area contributed by atoms with Crippen molar-refractivity contribution < 1.29 is 24.4 Å². The smallest absolute Gasteiger partial charge is 0.335 e. The molecule has 1 heterocycles. The number of carbonyl (C=O) groups is 2. The SMILES string of the molecule is O=C(O)c1ccc(CC(=O)N2CCC(Oc3ccc([N+](=O)[O-])cc3)CC2)cc1. The summed E-state index contributed by atoms with van der Waals surface area (Å²) in [6.45, 7) is 1.15. The minimum Gasteiger partial charge on any atom is -0.490 e. The van der Waals surface area contributed by atoms with Crippen molar-refractivity contribution in [2.45, 2.75) is 25.4 Å². The normalized spacial score (nSPS) is 14.5. The first-order valence-electron chi connectivity index (χ1n) is 8.93. The zero-order valence-corrected chi connectivity index (χ0v) is 15.1. The van der Waals surface area contributed by atoms with E-state index in [1.165, 1.54) is 24.3 Å². The molecule has 0 saturated carbocycles. The number of ether oxygens (including phenoxy) is 1. The van der Waals surface area contributed by atoms with E-state index in [1.807, 2.05) is 0 Å². The number of likely N-dealkylation sites (tertiary alicyclic amines) is 1.